The molecule has 2 fully saturated rings. The van der Waals surface area contributed by atoms with Crippen LogP contribution in [0, 0.1) is 5.92 Å². The van der Waals surface area contributed by atoms with Crippen LogP contribution < -0.4 is 5.32 Å². The lowest BCUT2D eigenvalue weighted by Crippen LogP contribution is -2.48. The van der Waals surface area contributed by atoms with E-state index in [2.05, 4.69) is 17.1 Å². The third-order valence-electron chi connectivity index (χ3n) is 3.78. The van der Waals surface area contributed by atoms with Gasteiger partial charge in [0.2, 0.25) is 5.91 Å². The van der Waals surface area contributed by atoms with Crippen LogP contribution in [0.1, 0.15) is 32.6 Å². The van der Waals surface area contributed by atoms with Gasteiger partial charge in [-0.25, -0.2) is 0 Å². The van der Waals surface area contributed by atoms with Crippen molar-refractivity contribution in [2.45, 2.75) is 38.6 Å². The van der Waals surface area contributed by atoms with Gasteiger partial charge in [0, 0.05) is 24.3 Å². The van der Waals surface area contributed by atoms with E-state index in [-0.39, 0.29) is 0 Å². The van der Waals surface area contributed by atoms with Crippen molar-refractivity contribution >= 4 is 17.7 Å². The van der Waals surface area contributed by atoms with Gasteiger partial charge in [-0.05, 0) is 44.5 Å². The molecule has 4 heteroatoms. The Kier molecular flexibility index (Phi) is 5.16. The van der Waals surface area contributed by atoms with Crippen molar-refractivity contribution in [1.29, 1.82) is 0 Å². The number of hydrogen-bond acceptors (Lipinski definition) is 3. The zero-order chi connectivity index (χ0) is 12.1. The lowest BCUT2D eigenvalue weighted by atomic mass is 10.0. The molecule has 0 aromatic heterocycles. The summed E-state index contributed by atoms with van der Waals surface area (Å²) in [6.45, 7) is 5.25. The third kappa shape index (κ3) is 3.38. The first-order chi connectivity index (χ1) is 8.33. The highest BCUT2D eigenvalue weighted by Gasteiger charge is 2.31. The molecule has 2 rings (SSSR count). The Morgan fingerprint density at radius 1 is 1.35 bits per heavy atom. The minimum atomic E-state index is 0.307. The van der Waals surface area contributed by atoms with Crippen LogP contribution in [0.15, 0.2) is 0 Å². The van der Waals surface area contributed by atoms with Gasteiger partial charge in [0.15, 0.2) is 0 Å². The fraction of sp³-hybridized carbons (Fsp3) is 0.923. The number of carbonyl (C=O) groups excluding carboxylic acids is 1. The number of rotatable bonds is 4. The van der Waals surface area contributed by atoms with Gasteiger partial charge in [-0.15, -0.1) is 0 Å². The molecule has 2 saturated heterocycles. The zero-order valence-electron chi connectivity index (χ0n) is 10.8. The maximum absolute atomic E-state index is 12.5. The molecular formula is C13H24N2OS. The minimum Gasteiger partial charge on any atom is -0.339 e. The van der Waals surface area contributed by atoms with Crippen molar-refractivity contribution in [2.24, 2.45) is 5.92 Å². The van der Waals surface area contributed by atoms with Crippen LogP contribution in [-0.4, -0.2) is 48.0 Å². The average molecular weight is 256 g/mol. The number of thioether (sulfide) groups is 1. The first kappa shape index (κ1) is 13.2. The quantitative estimate of drug-likeness (QED) is 0.831. The second-order valence-electron chi connectivity index (χ2n) is 5.07. The normalized spacial score (nSPS) is 26.1. The van der Waals surface area contributed by atoms with Gasteiger partial charge in [0.1, 0.15) is 0 Å². The largest absolute Gasteiger partial charge is 0.339 e. The third-order valence-corrected chi connectivity index (χ3v) is 4.94. The van der Waals surface area contributed by atoms with Gasteiger partial charge >= 0.3 is 0 Å². The SMILES string of the molecule is CCCN(C(=O)C1CCSC1)C1CCNCC1. The van der Waals surface area contributed by atoms with Crippen LogP contribution in [0.25, 0.3) is 0 Å². The van der Waals surface area contributed by atoms with E-state index in [1.54, 1.807) is 0 Å². The Morgan fingerprint density at radius 3 is 2.71 bits per heavy atom. The molecule has 1 atom stereocenters. The molecule has 3 nitrogen and oxygen atoms in total. The molecule has 1 N–H and O–H groups in total. The molecule has 0 bridgehead atoms. The Bertz CT molecular complexity index is 248. The first-order valence-corrected chi connectivity index (χ1v) is 8.07. The number of nitrogens with zero attached hydrogens (tertiary/aromatic N) is 1. The van der Waals surface area contributed by atoms with Gasteiger partial charge in [0.05, 0.1) is 0 Å². The standard InChI is InChI=1S/C13H24N2OS/c1-2-8-15(12-3-6-14-7-4-12)13(16)11-5-9-17-10-11/h11-12,14H,2-10H2,1H3. The van der Waals surface area contributed by atoms with Gasteiger partial charge in [-0.1, -0.05) is 6.92 Å². The van der Waals surface area contributed by atoms with Crippen LogP contribution >= 0.6 is 11.8 Å². The summed E-state index contributed by atoms with van der Waals surface area (Å²) in [6, 6.07) is 0.495. The molecule has 2 aliphatic rings. The molecular weight excluding hydrogens is 232 g/mol. The van der Waals surface area contributed by atoms with Crippen LogP contribution in [0.4, 0.5) is 0 Å². The van der Waals surface area contributed by atoms with Gasteiger partial charge in [-0.3, -0.25) is 4.79 Å². The molecule has 0 saturated carbocycles. The molecule has 0 aromatic rings. The van der Waals surface area contributed by atoms with E-state index in [1.807, 2.05) is 11.8 Å². The molecule has 1 amide bonds. The zero-order valence-corrected chi connectivity index (χ0v) is 11.6. The van der Waals surface area contributed by atoms with Gasteiger partial charge in [-0.2, -0.15) is 11.8 Å². The Morgan fingerprint density at radius 2 is 2.12 bits per heavy atom. The molecule has 0 spiro atoms. The van der Waals surface area contributed by atoms with Crippen molar-refractivity contribution in [1.82, 2.24) is 10.2 Å². The molecule has 2 aliphatic heterocycles. The molecule has 0 aromatic carbocycles. The second-order valence-corrected chi connectivity index (χ2v) is 6.22. The fourth-order valence-corrected chi connectivity index (χ4v) is 4.01. The summed E-state index contributed by atoms with van der Waals surface area (Å²) in [4.78, 5) is 14.7. The van der Waals surface area contributed by atoms with E-state index in [9.17, 15) is 4.79 Å². The predicted molar refractivity (Wildman–Crippen MR) is 73.3 cm³/mol. The molecule has 98 valence electrons. The van der Waals surface area contributed by atoms with Crippen molar-refractivity contribution in [2.75, 3.05) is 31.1 Å². The number of hydrogen-bond donors (Lipinski definition) is 1. The smallest absolute Gasteiger partial charge is 0.226 e. The lowest BCUT2D eigenvalue weighted by molar-refractivity contribution is -0.137. The summed E-state index contributed by atoms with van der Waals surface area (Å²) in [7, 11) is 0. The topological polar surface area (TPSA) is 32.3 Å². The summed E-state index contributed by atoms with van der Waals surface area (Å²) in [5, 5.41) is 3.38. The number of nitrogens with one attached hydrogen (secondary N) is 1. The number of carbonyl (C=O) groups is 1. The van der Waals surface area contributed by atoms with Gasteiger partial charge in [0.25, 0.3) is 0 Å². The maximum Gasteiger partial charge on any atom is 0.226 e. The summed E-state index contributed by atoms with van der Waals surface area (Å²) >= 11 is 1.93. The van der Waals surface area contributed by atoms with Crippen LogP contribution in [-0.2, 0) is 4.79 Å². The molecule has 1 unspecified atom stereocenters. The van der Waals surface area contributed by atoms with Crippen molar-refractivity contribution in [3.63, 3.8) is 0 Å². The van der Waals surface area contributed by atoms with E-state index in [0.29, 0.717) is 17.9 Å². The summed E-state index contributed by atoms with van der Waals surface area (Å²) in [5.74, 6) is 2.96. The molecule has 17 heavy (non-hydrogen) atoms. The van der Waals surface area contributed by atoms with E-state index in [1.165, 1.54) is 5.75 Å². The van der Waals surface area contributed by atoms with Crippen LogP contribution in [0.2, 0.25) is 0 Å². The number of amides is 1. The number of piperidine rings is 1. The second kappa shape index (κ2) is 6.64. The summed E-state index contributed by atoms with van der Waals surface area (Å²) in [6.07, 6.45) is 4.43. The first-order valence-electron chi connectivity index (χ1n) is 6.92. The van der Waals surface area contributed by atoms with E-state index < -0.39 is 0 Å². The minimum absolute atomic E-state index is 0.307. The molecule has 2 heterocycles. The lowest BCUT2D eigenvalue weighted by Gasteiger charge is -2.36. The highest BCUT2D eigenvalue weighted by atomic mass is 32.2. The monoisotopic (exact) mass is 256 g/mol. The summed E-state index contributed by atoms with van der Waals surface area (Å²) < 4.78 is 0. The summed E-state index contributed by atoms with van der Waals surface area (Å²) in [5.41, 5.74) is 0. The van der Waals surface area contributed by atoms with E-state index in [0.717, 1.165) is 51.1 Å². The molecule has 0 aliphatic carbocycles. The highest BCUT2D eigenvalue weighted by Crippen LogP contribution is 2.27. The Balaban J connectivity index is 1.96. The Labute approximate surface area is 109 Å². The van der Waals surface area contributed by atoms with Crippen molar-refractivity contribution in [3.05, 3.63) is 0 Å². The van der Waals surface area contributed by atoms with Gasteiger partial charge < -0.3 is 10.2 Å². The van der Waals surface area contributed by atoms with E-state index >= 15 is 0 Å². The average Bonchev–Trinajstić information content (AvgIpc) is 2.90. The van der Waals surface area contributed by atoms with E-state index in [4.69, 9.17) is 0 Å². The van der Waals surface area contributed by atoms with Crippen molar-refractivity contribution < 1.29 is 4.79 Å². The van der Waals surface area contributed by atoms with Crippen LogP contribution in [0.3, 0.4) is 0 Å². The van der Waals surface area contributed by atoms with Crippen LogP contribution in [0.5, 0.6) is 0 Å². The van der Waals surface area contributed by atoms with Crippen molar-refractivity contribution in [3.8, 4) is 0 Å². The molecule has 0 radical (unpaired) electrons. The maximum atomic E-state index is 12.5. The Hall–Kier alpha value is -0.220. The fourth-order valence-electron chi connectivity index (χ4n) is 2.80. The highest BCUT2D eigenvalue weighted by molar-refractivity contribution is 7.99. The predicted octanol–water partition coefficient (Wildman–Crippen LogP) is 1.73.